The van der Waals surface area contributed by atoms with E-state index >= 15 is 0 Å². The lowest BCUT2D eigenvalue weighted by Gasteiger charge is -2.25. The first-order valence-corrected chi connectivity index (χ1v) is 8.93. The summed E-state index contributed by atoms with van der Waals surface area (Å²) in [5, 5.41) is 14.8. The molecule has 2 aromatic carbocycles. The summed E-state index contributed by atoms with van der Waals surface area (Å²) in [6.07, 6.45) is 0.389. The van der Waals surface area contributed by atoms with Gasteiger partial charge >= 0.3 is 0 Å². The van der Waals surface area contributed by atoms with Crippen LogP contribution in [0.15, 0.2) is 53.1 Å². The number of benzene rings is 2. The molecule has 0 fully saturated rings. The Balaban J connectivity index is 1.61. The molecule has 0 N–H and O–H groups in total. The van der Waals surface area contributed by atoms with Crippen molar-refractivity contribution >= 4 is 11.6 Å². The van der Waals surface area contributed by atoms with Gasteiger partial charge in [0.15, 0.2) is 0 Å². The predicted molar refractivity (Wildman–Crippen MR) is 102 cm³/mol. The number of nitro benzene ring substituents is 1. The molecule has 0 spiro atoms. The van der Waals surface area contributed by atoms with Gasteiger partial charge in [-0.2, -0.15) is 4.98 Å². The van der Waals surface area contributed by atoms with Gasteiger partial charge in [-0.05, 0) is 36.8 Å². The Bertz CT molecular complexity index is 1020. The van der Waals surface area contributed by atoms with E-state index < -0.39 is 4.92 Å². The van der Waals surface area contributed by atoms with Crippen molar-refractivity contribution in [3.05, 3.63) is 75.9 Å². The quantitative estimate of drug-likeness (QED) is 0.441. The minimum Gasteiger partial charge on any atom is -0.339 e. The predicted octanol–water partition coefficient (Wildman–Crippen LogP) is 3.94. The third-order valence-electron chi connectivity index (χ3n) is 4.66. The van der Waals surface area contributed by atoms with Crippen LogP contribution in [-0.4, -0.2) is 32.9 Å². The number of carbonyl (C=O) groups excluding carboxylic acids is 1. The summed E-state index contributed by atoms with van der Waals surface area (Å²) in [5.74, 6) is 0.106. The molecule has 3 aromatic rings. The number of aryl methyl sites for hydroxylation is 1. The van der Waals surface area contributed by atoms with Crippen LogP contribution in [0.2, 0.25) is 0 Å². The summed E-state index contributed by atoms with van der Waals surface area (Å²) >= 11 is 0. The highest BCUT2D eigenvalue weighted by atomic mass is 19.1. The summed E-state index contributed by atoms with van der Waals surface area (Å²) in [6, 6.07) is 11.6. The van der Waals surface area contributed by atoms with Crippen molar-refractivity contribution in [2.45, 2.75) is 25.8 Å². The van der Waals surface area contributed by atoms with Gasteiger partial charge in [-0.1, -0.05) is 17.3 Å². The molecule has 0 unspecified atom stereocenters. The molecule has 0 saturated heterocycles. The molecular formula is C20H19FN4O4. The molecule has 0 bridgehead atoms. The van der Waals surface area contributed by atoms with E-state index in [1.54, 1.807) is 38.2 Å². The summed E-state index contributed by atoms with van der Waals surface area (Å²) in [4.78, 5) is 28.8. The third-order valence-corrected chi connectivity index (χ3v) is 4.66. The zero-order chi connectivity index (χ0) is 21.0. The molecule has 8 nitrogen and oxygen atoms in total. The second-order valence-corrected chi connectivity index (χ2v) is 6.55. The van der Waals surface area contributed by atoms with Gasteiger partial charge in [0.1, 0.15) is 5.82 Å². The molecule has 0 saturated carbocycles. The minimum absolute atomic E-state index is 0.0191. The van der Waals surface area contributed by atoms with Crippen LogP contribution < -0.4 is 0 Å². The van der Waals surface area contributed by atoms with Crippen LogP contribution >= 0.6 is 0 Å². The van der Waals surface area contributed by atoms with E-state index in [1.165, 1.54) is 29.2 Å². The smallest absolute Gasteiger partial charge is 0.269 e. The third kappa shape index (κ3) is 4.81. The van der Waals surface area contributed by atoms with Crippen LogP contribution in [0, 0.1) is 15.9 Å². The van der Waals surface area contributed by atoms with Gasteiger partial charge in [0, 0.05) is 37.6 Å². The molecule has 29 heavy (non-hydrogen) atoms. The van der Waals surface area contributed by atoms with Gasteiger partial charge in [0.25, 0.3) is 5.69 Å². The van der Waals surface area contributed by atoms with Crippen LogP contribution in [0.3, 0.4) is 0 Å². The highest BCUT2D eigenvalue weighted by molar-refractivity contribution is 5.76. The van der Waals surface area contributed by atoms with Crippen LogP contribution in [-0.2, 0) is 11.2 Å². The van der Waals surface area contributed by atoms with E-state index in [-0.39, 0.29) is 36.3 Å². The van der Waals surface area contributed by atoms with Gasteiger partial charge < -0.3 is 9.42 Å². The number of carbonyl (C=O) groups is 1. The van der Waals surface area contributed by atoms with Crippen LogP contribution in [0.5, 0.6) is 0 Å². The van der Waals surface area contributed by atoms with Gasteiger partial charge in [-0.15, -0.1) is 0 Å². The average Bonchev–Trinajstić information content (AvgIpc) is 3.20. The lowest BCUT2D eigenvalue weighted by molar-refractivity contribution is -0.384. The molecule has 0 aliphatic heterocycles. The molecule has 9 heteroatoms. The van der Waals surface area contributed by atoms with Crippen LogP contribution in [0.4, 0.5) is 10.1 Å². The van der Waals surface area contributed by atoms with Crippen molar-refractivity contribution in [3.63, 3.8) is 0 Å². The number of nitro groups is 1. The van der Waals surface area contributed by atoms with Gasteiger partial charge in [-0.25, -0.2) is 4.39 Å². The normalized spacial score (nSPS) is 11.8. The molecule has 0 aliphatic rings. The van der Waals surface area contributed by atoms with Gasteiger partial charge in [0.2, 0.25) is 17.6 Å². The molecule has 1 amide bonds. The SMILES string of the molecule is C[C@H](c1cccc([N+](=O)[O-])c1)N(C)C(=O)CCc1nc(-c2ccc(F)cc2)no1. The largest absolute Gasteiger partial charge is 0.339 e. The molecule has 0 radical (unpaired) electrons. The number of nitrogens with zero attached hydrogens (tertiary/aromatic N) is 4. The van der Waals surface area contributed by atoms with Crippen molar-refractivity contribution in [3.8, 4) is 11.4 Å². The Morgan fingerprint density at radius 1 is 1.28 bits per heavy atom. The molecular weight excluding hydrogens is 379 g/mol. The van der Waals surface area contributed by atoms with Crippen molar-refractivity contribution < 1.29 is 18.6 Å². The fraction of sp³-hybridized carbons (Fsp3) is 0.250. The van der Waals surface area contributed by atoms with Gasteiger partial charge in [-0.3, -0.25) is 14.9 Å². The summed E-state index contributed by atoms with van der Waals surface area (Å²) in [5.41, 5.74) is 1.27. The fourth-order valence-corrected chi connectivity index (χ4v) is 2.80. The van der Waals surface area contributed by atoms with Crippen LogP contribution in [0.25, 0.3) is 11.4 Å². The van der Waals surface area contributed by atoms with E-state index in [4.69, 9.17) is 4.52 Å². The summed E-state index contributed by atoms with van der Waals surface area (Å²) < 4.78 is 18.2. The number of halogens is 1. The number of rotatable bonds is 7. The number of amides is 1. The Morgan fingerprint density at radius 2 is 2.00 bits per heavy atom. The first-order chi connectivity index (χ1) is 13.8. The topological polar surface area (TPSA) is 102 Å². The van der Waals surface area contributed by atoms with Crippen molar-refractivity contribution in [1.29, 1.82) is 0 Å². The van der Waals surface area contributed by atoms with Crippen LogP contribution in [0.1, 0.15) is 30.8 Å². The zero-order valence-corrected chi connectivity index (χ0v) is 15.9. The molecule has 3 rings (SSSR count). The van der Waals surface area contributed by atoms with E-state index in [1.807, 2.05) is 0 Å². The number of non-ortho nitro benzene ring substituents is 1. The first kappa shape index (κ1) is 20.1. The molecule has 1 atom stereocenters. The van der Waals surface area contributed by atoms with E-state index in [2.05, 4.69) is 10.1 Å². The Morgan fingerprint density at radius 3 is 2.69 bits per heavy atom. The van der Waals surface area contributed by atoms with Crippen molar-refractivity contribution in [2.24, 2.45) is 0 Å². The maximum atomic E-state index is 13.0. The number of hydrogen-bond acceptors (Lipinski definition) is 6. The maximum Gasteiger partial charge on any atom is 0.269 e. The fourth-order valence-electron chi connectivity index (χ4n) is 2.80. The van der Waals surface area contributed by atoms with Gasteiger partial charge in [0.05, 0.1) is 11.0 Å². The second kappa shape index (κ2) is 8.59. The van der Waals surface area contributed by atoms with E-state index in [9.17, 15) is 19.3 Å². The number of aromatic nitrogens is 2. The summed E-state index contributed by atoms with van der Waals surface area (Å²) in [7, 11) is 1.64. The summed E-state index contributed by atoms with van der Waals surface area (Å²) in [6.45, 7) is 1.80. The monoisotopic (exact) mass is 398 g/mol. The Hall–Kier alpha value is -3.62. The maximum absolute atomic E-state index is 13.0. The second-order valence-electron chi connectivity index (χ2n) is 6.55. The standard InChI is InChI=1S/C20H19FN4O4/c1-13(15-4-3-5-17(12-15)25(27)28)24(2)19(26)11-10-18-22-20(23-29-18)14-6-8-16(21)9-7-14/h3-9,12-13H,10-11H2,1-2H3/t13-/m1/s1. The van der Waals surface area contributed by atoms with Crippen molar-refractivity contribution in [1.82, 2.24) is 15.0 Å². The highest BCUT2D eigenvalue weighted by Gasteiger charge is 2.20. The Kier molecular flexibility index (Phi) is 5.96. The molecule has 150 valence electrons. The van der Waals surface area contributed by atoms with Crippen molar-refractivity contribution in [2.75, 3.05) is 7.05 Å². The van der Waals surface area contributed by atoms with E-state index in [0.717, 1.165) is 0 Å². The minimum atomic E-state index is -0.466. The lowest BCUT2D eigenvalue weighted by atomic mass is 10.1. The highest BCUT2D eigenvalue weighted by Crippen LogP contribution is 2.24. The first-order valence-electron chi connectivity index (χ1n) is 8.93. The van der Waals surface area contributed by atoms with E-state index in [0.29, 0.717) is 22.8 Å². The lowest BCUT2D eigenvalue weighted by Crippen LogP contribution is -2.29. The molecule has 1 aromatic heterocycles. The average molecular weight is 398 g/mol. The molecule has 0 aliphatic carbocycles. The molecule has 1 heterocycles. The number of hydrogen-bond donors (Lipinski definition) is 0. The Labute approximate surface area is 166 Å². The zero-order valence-electron chi connectivity index (χ0n) is 15.9.